The van der Waals surface area contributed by atoms with E-state index in [0.717, 1.165) is 0 Å². The number of nitrogens with one attached hydrogen (secondary N) is 1. The lowest BCUT2D eigenvalue weighted by Crippen LogP contribution is -2.19. The fourth-order valence-electron chi connectivity index (χ4n) is 1.60. The summed E-state index contributed by atoms with van der Waals surface area (Å²) in [6, 6.07) is 7.18. The molecule has 5 heteroatoms. The third kappa shape index (κ3) is 3.45. The SMILES string of the molecule is CNC(=O)C1=CCC(Oc2cccc(N)c2)=CC=N1. The van der Waals surface area contributed by atoms with Crippen LogP contribution in [0.25, 0.3) is 0 Å². The number of nitrogens with two attached hydrogens (primary N) is 1. The van der Waals surface area contributed by atoms with Gasteiger partial charge in [-0.3, -0.25) is 9.79 Å². The van der Waals surface area contributed by atoms with Crippen LogP contribution in [0.4, 0.5) is 5.69 Å². The number of ether oxygens (including phenoxy) is 1. The maximum absolute atomic E-state index is 11.5. The van der Waals surface area contributed by atoms with Crippen molar-refractivity contribution in [1.82, 2.24) is 5.32 Å². The molecule has 1 aromatic rings. The van der Waals surface area contributed by atoms with E-state index in [4.69, 9.17) is 10.5 Å². The molecule has 1 aromatic carbocycles. The van der Waals surface area contributed by atoms with E-state index in [1.807, 2.05) is 12.1 Å². The predicted molar refractivity (Wildman–Crippen MR) is 74.8 cm³/mol. The molecule has 0 fully saturated rings. The molecule has 3 N–H and O–H groups in total. The largest absolute Gasteiger partial charge is 0.461 e. The van der Waals surface area contributed by atoms with Crippen LogP contribution in [0.2, 0.25) is 0 Å². The molecule has 0 atom stereocenters. The number of likely N-dealkylation sites (N-methyl/N-ethyl adjacent to an activating group) is 1. The molecular weight excluding hydrogens is 242 g/mol. The molecule has 0 radical (unpaired) electrons. The van der Waals surface area contributed by atoms with Gasteiger partial charge in [0.1, 0.15) is 17.2 Å². The Labute approximate surface area is 111 Å². The van der Waals surface area contributed by atoms with Gasteiger partial charge in [0.15, 0.2) is 0 Å². The zero-order chi connectivity index (χ0) is 13.7. The average Bonchev–Trinajstić information content (AvgIpc) is 2.63. The number of aliphatic imine (C=N–C) groups is 1. The summed E-state index contributed by atoms with van der Waals surface area (Å²) in [5.74, 6) is 1.15. The molecule has 1 amide bonds. The smallest absolute Gasteiger partial charge is 0.269 e. The number of amides is 1. The minimum absolute atomic E-state index is 0.213. The van der Waals surface area contributed by atoms with Gasteiger partial charge < -0.3 is 15.8 Å². The molecule has 98 valence electrons. The Morgan fingerprint density at radius 3 is 3.05 bits per heavy atom. The summed E-state index contributed by atoms with van der Waals surface area (Å²) in [6.07, 6.45) is 5.50. The van der Waals surface area contributed by atoms with Crippen LogP contribution >= 0.6 is 0 Å². The van der Waals surface area contributed by atoms with Gasteiger partial charge in [0.05, 0.1) is 0 Å². The van der Waals surface area contributed by atoms with Crippen LogP contribution in [0.15, 0.2) is 52.9 Å². The summed E-state index contributed by atoms with van der Waals surface area (Å²) in [5.41, 5.74) is 6.70. The van der Waals surface area contributed by atoms with E-state index in [2.05, 4.69) is 10.3 Å². The Morgan fingerprint density at radius 2 is 2.32 bits per heavy atom. The van der Waals surface area contributed by atoms with Crippen LogP contribution in [0.1, 0.15) is 6.42 Å². The lowest BCUT2D eigenvalue weighted by molar-refractivity contribution is -0.117. The molecular formula is C14H15N3O2. The Kier molecular flexibility index (Phi) is 3.97. The lowest BCUT2D eigenvalue weighted by Gasteiger charge is -2.07. The molecule has 2 rings (SSSR count). The molecule has 0 unspecified atom stereocenters. The lowest BCUT2D eigenvalue weighted by atomic mass is 10.2. The Hall–Kier alpha value is -2.56. The number of benzene rings is 1. The molecule has 0 saturated heterocycles. The second-order valence-corrected chi connectivity index (χ2v) is 3.96. The zero-order valence-electron chi connectivity index (χ0n) is 10.6. The Bertz CT molecular complexity index is 574. The van der Waals surface area contributed by atoms with Crippen molar-refractivity contribution >= 4 is 17.8 Å². The molecule has 1 heterocycles. The number of hydrogen-bond acceptors (Lipinski definition) is 4. The van der Waals surface area contributed by atoms with E-state index in [-0.39, 0.29) is 5.91 Å². The number of carbonyl (C=O) groups excluding carboxylic acids is 1. The minimum Gasteiger partial charge on any atom is -0.461 e. The van der Waals surface area contributed by atoms with Crippen LogP contribution in [0.3, 0.4) is 0 Å². The van der Waals surface area contributed by atoms with Crippen LogP contribution in [-0.2, 0) is 4.79 Å². The van der Waals surface area contributed by atoms with Crippen molar-refractivity contribution in [3.05, 3.63) is 47.9 Å². The summed E-state index contributed by atoms with van der Waals surface area (Å²) in [5, 5.41) is 2.53. The summed E-state index contributed by atoms with van der Waals surface area (Å²) in [4.78, 5) is 15.5. The standard InChI is InChI=1S/C14H15N3O2/c1-16-14(18)13-6-5-11(7-8-17-13)19-12-4-2-3-10(15)9-12/h2-4,6-9H,5,15H2,1H3,(H,16,18). The van der Waals surface area contributed by atoms with E-state index in [1.165, 1.54) is 0 Å². The maximum atomic E-state index is 11.5. The first-order valence-corrected chi connectivity index (χ1v) is 5.88. The van der Waals surface area contributed by atoms with Gasteiger partial charge in [-0.1, -0.05) is 6.07 Å². The second kappa shape index (κ2) is 5.86. The molecule has 1 aliphatic rings. The fraction of sp³-hybridized carbons (Fsp3) is 0.143. The van der Waals surface area contributed by atoms with E-state index < -0.39 is 0 Å². The summed E-state index contributed by atoms with van der Waals surface area (Å²) in [6.45, 7) is 0. The van der Waals surface area contributed by atoms with Crippen LogP contribution < -0.4 is 15.8 Å². The van der Waals surface area contributed by atoms with Crippen LogP contribution in [0, 0.1) is 0 Å². The van der Waals surface area contributed by atoms with Gasteiger partial charge in [0.2, 0.25) is 0 Å². The molecule has 5 nitrogen and oxygen atoms in total. The highest BCUT2D eigenvalue weighted by Gasteiger charge is 2.09. The van der Waals surface area contributed by atoms with Gasteiger partial charge >= 0.3 is 0 Å². The van der Waals surface area contributed by atoms with Gasteiger partial charge in [-0.05, 0) is 24.3 Å². The zero-order valence-corrected chi connectivity index (χ0v) is 10.6. The Balaban J connectivity index is 2.08. The van der Waals surface area contributed by atoms with Crippen molar-refractivity contribution < 1.29 is 9.53 Å². The number of nitrogen functional groups attached to an aromatic ring is 1. The summed E-state index contributed by atoms with van der Waals surface area (Å²) >= 11 is 0. The highest BCUT2D eigenvalue weighted by molar-refractivity contribution is 5.95. The number of allylic oxidation sites excluding steroid dienone is 2. The van der Waals surface area contributed by atoms with Crippen molar-refractivity contribution in [3.63, 3.8) is 0 Å². The first kappa shape index (κ1) is 12.9. The van der Waals surface area contributed by atoms with Gasteiger partial charge in [0, 0.05) is 31.4 Å². The fourth-order valence-corrected chi connectivity index (χ4v) is 1.60. The van der Waals surface area contributed by atoms with Gasteiger partial charge in [0.25, 0.3) is 5.91 Å². The summed E-state index contributed by atoms with van der Waals surface area (Å²) < 4.78 is 5.69. The Morgan fingerprint density at radius 1 is 1.47 bits per heavy atom. The number of nitrogens with zero attached hydrogens (tertiary/aromatic N) is 1. The van der Waals surface area contributed by atoms with Gasteiger partial charge in [-0.25, -0.2) is 0 Å². The molecule has 19 heavy (non-hydrogen) atoms. The highest BCUT2D eigenvalue weighted by Crippen LogP contribution is 2.20. The molecule has 0 spiro atoms. The van der Waals surface area contributed by atoms with E-state index in [1.54, 1.807) is 37.5 Å². The van der Waals surface area contributed by atoms with E-state index in [9.17, 15) is 4.79 Å². The van der Waals surface area contributed by atoms with Crippen molar-refractivity contribution in [2.45, 2.75) is 6.42 Å². The minimum atomic E-state index is -0.213. The summed E-state index contributed by atoms with van der Waals surface area (Å²) in [7, 11) is 1.57. The van der Waals surface area contributed by atoms with Crippen LogP contribution in [0.5, 0.6) is 5.75 Å². The van der Waals surface area contributed by atoms with Crippen molar-refractivity contribution in [3.8, 4) is 5.75 Å². The quantitative estimate of drug-likeness (QED) is 0.808. The van der Waals surface area contributed by atoms with Crippen molar-refractivity contribution in [2.75, 3.05) is 12.8 Å². The third-order valence-corrected chi connectivity index (χ3v) is 2.54. The molecule has 0 aliphatic carbocycles. The first-order chi connectivity index (χ1) is 9.19. The monoisotopic (exact) mass is 257 g/mol. The number of carbonyl (C=O) groups is 1. The first-order valence-electron chi connectivity index (χ1n) is 5.88. The molecule has 1 aliphatic heterocycles. The van der Waals surface area contributed by atoms with Gasteiger partial charge in [-0.15, -0.1) is 0 Å². The van der Waals surface area contributed by atoms with E-state index >= 15 is 0 Å². The third-order valence-electron chi connectivity index (χ3n) is 2.54. The van der Waals surface area contributed by atoms with Crippen molar-refractivity contribution in [1.29, 1.82) is 0 Å². The average molecular weight is 257 g/mol. The highest BCUT2D eigenvalue weighted by atomic mass is 16.5. The van der Waals surface area contributed by atoms with E-state index in [0.29, 0.717) is 29.3 Å². The predicted octanol–water partition coefficient (Wildman–Crippen LogP) is 1.64. The number of anilines is 1. The van der Waals surface area contributed by atoms with Crippen LogP contribution in [-0.4, -0.2) is 19.2 Å². The topological polar surface area (TPSA) is 76.7 Å². The van der Waals surface area contributed by atoms with Crippen molar-refractivity contribution in [2.24, 2.45) is 4.99 Å². The number of hydrogen-bond donors (Lipinski definition) is 2. The molecule has 0 saturated carbocycles. The second-order valence-electron chi connectivity index (χ2n) is 3.96. The normalized spacial score (nSPS) is 14.2. The molecule has 0 bridgehead atoms. The molecule has 0 aromatic heterocycles. The van der Waals surface area contributed by atoms with Gasteiger partial charge in [-0.2, -0.15) is 0 Å². The number of rotatable bonds is 3. The maximum Gasteiger partial charge on any atom is 0.269 e.